The van der Waals surface area contributed by atoms with Crippen molar-refractivity contribution in [1.29, 1.82) is 0 Å². The number of amides is 2. The fourth-order valence-electron chi connectivity index (χ4n) is 3.97. The topological polar surface area (TPSA) is 95.6 Å². The van der Waals surface area contributed by atoms with Gasteiger partial charge in [-0.05, 0) is 73.4 Å². The van der Waals surface area contributed by atoms with Crippen LogP contribution in [0.1, 0.15) is 35.2 Å². The van der Waals surface area contributed by atoms with Crippen LogP contribution in [-0.2, 0) is 21.4 Å². The molecule has 2 N–H and O–H groups in total. The molecule has 3 aromatic carbocycles. The van der Waals surface area contributed by atoms with Gasteiger partial charge in [-0.25, -0.2) is 8.42 Å². The molecule has 1 fully saturated rings. The molecule has 2 amide bonds. The van der Waals surface area contributed by atoms with Gasteiger partial charge in [0, 0.05) is 29.4 Å². The number of benzene rings is 3. The van der Waals surface area contributed by atoms with E-state index in [-0.39, 0.29) is 23.3 Å². The summed E-state index contributed by atoms with van der Waals surface area (Å²) in [5.74, 6) is -0.574. The molecule has 1 saturated heterocycles. The van der Waals surface area contributed by atoms with Crippen molar-refractivity contribution >= 4 is 39.1 Å². The molecule has 4 rings (SSSR count). The van der Waals surface area contributed by atoms with Crippen LogP contribution >= 0.6 is 11.6 Å². The number of carbonyl (C=O) groups is 2. The van der Waals surface area contributed by atoms with E-state index in [4.69, 9.17) is 11.6 Å². The molecular formula is C26H26ClN3O4S. The largest absolute Gasteiger partial charge is 0.355 e. The Labute approximate surface area is 210 Å². The molecule has 182 valence electrons. The highest BCUT2D eigenvalue weighted by Gasteiger charge is 2.36. The number of hydrogen-bond acceptors (Lipinski definition) is 4. The van der Waals surface area contributed by atoms with Crippen LogP contribution in [0.15, 0.2) is 83.8 Å². The average Bonchev–Trinajstić information content (AvgIpc) is 3.07. The Kier molecular flexibility index (Phi) is 7.85. The van der Waals surface area contributed by atoms with Crippen molar-refractivity contribution in [3.05, 3.63) is 95.0 Å². The van der Waals surface area contributed by atoms with Crippen molar-refractivity contribution in [2.45, 2.75) is 36.7 Å². The lowest BCUT2D eigenvalue weighted by Crippen LogP contribution is -2.48. The smallest absolute Gasteiger partial charge is 0.255 e. The number of nitrogens with zero attached hydrogens (tertiary/aromatic N) is 1. The normalized spacial score (nSPS) is 16.4. The average molecular weight is 512 g/mol. The highest BCUT2D eigenvalue weighted by Crippen LogP contribution is 2.26. The van der Waals surface area contributed by atoms with Gasteiger partial charge in [-0.1, -0.05) is 41.9 Å². The summed E-state index contributed by atoms with van der Waals surface area (Å²) in [4.78, 5) is 25.4. The second-order valence-electron chi connectivity index (χ2n) is 8.32. The van der Waals surface area contributed by atoms with E-state index in [1.807, 2.05) is 18.2 Å². The molecule has 1 aliphatic rings. The molecule has 3 aromatic rings. The third-order valence-corrected chi connectivity index (χ3v) is 7.98. The molecule has 1 heterocycles. The Morgan fingerprint density at radius 2 is 1.66 bits per heavy atom. The first kappa shape index (κ1) is 24.9. The summed E-state index contributed by atoms with van der Waals surface area (Å²) in [5, 5.41) is 6.07. The Balaban J connectivity index is 1.60. The number of rotatable bonds is 7. The highest BCUT2D eigenvalue weighted by molar-refractivity contribution is 7.89. The quantitative estimate of drug-likeness (QED) is 0.490. The standard InChI is InChI=1S/C26H26ClN3O4S/c27-21-13-15-23(16-14-21)35(33,34)30(24-8-4-5-17-28-26(24)32)18-19-9-11-20(12-10-19)25(31)29-22-6-2-1-3-7-22/h1-3,6-7,9-16,24H,4-5,8,17-18H2,(H,28,32)(H,29,31)/t24-/m1/s1. The zero-order valence-electron chi connectivity index (χ0n) is 19.0. The number of para-hydroxylation sites is 1. The van der Waals surface area contributed by atoms with E-state index in [2.05, 4.69) is 10.6 Å². The number of carbonyl (C=O) groups excluding carboxylic acids is 2. The van der Waals surface area contributed by atoms with Crippen LogP contribution in [0.25, 0.3) is 0 Å². The number of sulfonamides is 1. The van der Waals surface area contributed by atoms with Gasteiger partial charge in [0.05, 0.1) is 4.90 Å². The molecule has 1 atom stereocenters. The summed E-state index contributed by atoms with van der Waals surface area (Å²) < 4.78 is 28.5. The number of halogens is 1. The van der Waals surface area contributed by atoms with E-state index in [9.17, 15) is 18.0 Å². The molecule has 0 aliphatic carbocycles. The molecular weight excluding hydrogens is 486 g/mol. The third-order valence-electron chi connectivity index (χ3n) is 5.86. The lowest BCUT2D eigenvalue weighted by Gasteiger charge is -2.29. The summed E-state index contributed by atoms with van der Waals surface area (Å²) in [6, 6.07) is 20.9. The Hall–Kier alpha value is -3.20. The lowest BCUT2D eigenvalue weighted by molar-refractivity contribution is -0.124. The minimum absolute atomic E-state index is 0.0103. The number of nitrogens with one attached hydrogen (secondary N) is 2. The second kappa shape index (κ2) is 11.0. The van der Waals surface area contributed by atoms with Gasteiger partial charge in [0.25, 0.3) is 5.91 Å². The maximum Gasteiger partial charge on any atom is 0.255 e. The minimum Gasteiger partial charge on any atom is -0.355 e. The summed E-state index contributed by atoms with van der Waals surface area (Å²) >= 11 is 5.95. The maximum absolute atomic E-state index is 13.6. The van der Waals surface area contributed by atoms with Crippen molar-refractivity contribution in [3.8, 4) is 0 Å². The first-order valence-corrected chi connectivity index (χ1v) is 13.2. The lowest BCUT2D eigenvalue weighted by atomic mass is 10.1. The maximum atomic E-state index is 13.6. The van der Waals surface area contributed by atoms with Crippen molar-refractivity contribution < 1.29 is 18.0 Å². The number of anilines is 1. The van der Waals surface area contributed by atoms with E-state index >= 15 is 0 Å². The summed E-state index contributed by atoms with van der Waals surface area (Å²) in [6.45, 7) is 0.513. The van der Waals surface area contributed by atoms with Crippen LogP contribution in [0.4, 0.5) is 5.69 Å². The van der Waals surface area contributed by atoms with Gasteiger partial charge >= 0.3 is 0 Å². The zero-order chi connectivity index (χ0) is 24.8. The van der Waals surface area contributed by atoms with Crippen LogP contribution in [-0.4, -0.2) is 37.1 Å². The van der Waals surface area contributed by atoms with Crippen molar-refractivity contribution in [1.82, 2.24) is 9.62 Å². The summed E-state index contributed by atoms with van der Waals surface area (Å²) in [6.07, 6.45) is 1.95. The summed E-state index contributed by atoms with van der Waals surface area (Å²) in [5.41, 5.74) is 1.79. The van der Waals surface area contributed by atoms with Gasteiger partial charge < -0.3 is 10.6 Å². The molecule has 0 radical (unpaired) electrons. The van der Waals surface area contributed by atoms with Crippen LogP contribution in [0.2, 0.25) is 5.02 Å². The van der Waals surface area contributed by atoms with Gasteiger partial charge in [0.1, 0.15) is 6.04 Å². The summed E-state index contributed by atoms with van der Waals surface area (Å²) in [7, 11) is -4.00. The molecule has 1 aliphatic heterocycles. The van der Waals surface area contributed by atoms with E-state index in [0.717, 1.165) is 12.8 Å². The molecule has 0 spiro atoms. The molecule has 7 nitrogen and oxygen atoms in total. The second-order valence-corrected chi connectivity index (χ2v) is 10.7. The molecule has 0 unspecified atom stereocenters. The minimum atomic E-state index is -4.00. The first-order chi connectivity index (χ1) is 16.8. The molecule has 35 heavy (non-hydrogen) atoms. The van der Waals surface area contributed by atoms with Crippen LogP contribution in [0, 0.1) is 0 Å². The van der Waals surface area contributed by atoms with E-state index in [1.54, 1.807) is 36.4 Å². The van der Waals surface area contributed by atoms with Crippen LogP contribution < -0.4 is 10.6 Å². The van der Waals surface area contributed by atoms with Gasteiger partial charge in [-0.3, -0.25) is 9.59 Å². The van der Waals surface area contributed by atoms with Gasteiger partial charge in [0.15, 0.2) is 0 Å². The SMILES string of the molecule is O=C(Nc1ccccc1)c1ccc(CN([C@@H]2CCCCNC2=O)S(=O)(=O)c2ccc(Cl)cc2)cc1. The predicted molar refractivity (Wildman–Crippen MR) is 136 cm³/mol. The fourth-order valence-corrected chi connectivity index (χ4v) is 5.70. The fraction of sp³-hybridized carbons (Fsp3) is 0.231. The van der Waals surface area contributed by atoms with Crippen LogP contribution in [0.3, 0.4) is 0 Å². The van der Waals surface area contributed by atoms with E-state index < -0.39 is 16.1 Å². The Morgan fingerprint density at radius 1 is 0.971 bits per heavy atom. The molecule has 9 heteroatoms. The predicted octanol–water partition coefficient (Wildman–Crippen LogP) is 4.45. The van der Waals surface area contributed by atoms with Gasteiger partial charge in [-0.2, -0.15) is 4.31 Å². The van der Waals surface area contributed by atoms with Crippen LogP contribution in [0.5, 0.6) is 0 Å². The van der Waals surface area contributed by atoms with E-state index in [1.165, 1.54) is 28.6 Å². The third kappa shape index (κ3) is 6.08. The Bertz CT molecular complexity index is 1280. The van der Waals surface area contributed by atoms with Gasteiger partial charge in [0.2, 0.25) is 15.9 Å². The van der Waals surface area contributed by atoms with Crippen molar-refractivity contribution in [2.75, 3.05) is 11.9 Å². The zero-order valence-corrected chi connectivity index (χ0v) is 20.6. The monoisotopic (exact) mass is 511 g/mol. The molecule has 0 aromatic heterocycles. The van der Waals surface area contributed by atoms with Gasteiger partial charge in [-0.15, -0.1) is 0 Å². The van der Waals surface area contributed by atoms with E-state index in [0.29, 0.717) is 34.8 Å². The Morgan fingerprint density at radius 3 is 2.34 bits per heavy atom. The number of hydrogen-bond donors (Lipinski definition) is 2. The molecule has 0 bridgehead atoms. The first-order valence-electron chi connectivity index (χ1n) is 11.3. The van der Waals surface area contributed by atoms with Crippen molar-refractivity contribution in [3.63, 3.8) is 0 Å². The van der Waals surface area contributed by atoms with Crippen molar-refractivity contribution in [2.24, 2.45) is 0 Å². The molecule has 0 saturated carbocycles. The highest BCUT2D eigenvalue weighted by atomic mass is 35.5.